The van der Waals surface area contributed by atoms with Crippen LogP contribution in [0.15, 0.2) is 12.2 Å². The van der Waals surface area contributed by atoms with E-state index < -0.39 is 30.0 Å². The maximum atomic E-state index is 12.7. The molecule has 0 N–H and O–H groups in total. The van der Waals surface area contributed by atoms with Gasteiger partial charge >= 0.3 is 23.9 Å². The molecule has 0 aliphatic rings. The van der Waals surface area contributed by atoms with E-state index in [2.05, 4.69) is 0 Å². The standard InChI is InChI=1S/C7H5F9/c1-2-3-4(8,9)5(10,6(11,12)13)7(14,15)16/h2-3H,1H3. The van der Waals surface area contributed by atoms with Gasteiger partial charge in [0.15, 0.2) is 0 Å². The number of allylic oxidation sites excluding steroid dienone is 2. The van der Waals surface area contributed by atoms with Crippen LogP contribution in [-0.2, 0) is 0 Å². The second-order valence-electron chi connectivity index (χ2n) is 2.78. The monoisotopic (exact) mass is 260 g/mol. The van der Waals surface area contributed by atoms with Crippen molar-refractivity contribution in [2.75, 3.05) is 0 Å². The highest BCUT2D eigenvalue weighted by atomic mass is 19.4. The minimum absolute atomic E-state index is 0.200. The maximum absolute atomic E-state index is 12.7. The zero-order valence-corrected chi connectivity index (χ0v) is 7.56. The molecule has 0 heterocycles. The van der Waals surface area contributed by atoms with Gasteiger partial charge in [-0.25, -0.2) is 4.39 Å². The molecule has 0 aliphatic carbocycles. The summed E-state index contributed by atoms with van der Waals surface area (Å²) < 4.78 is 109. The van der Waals surface area contributed by atoms with Crippen molar-refractivity contribution >= 4 is 0 Å². The summed E-state index contributed by atoms with van der Waals surface area (Å²) in [6, 6.07) is 0. The lowest BCUT2D eigenvalue weighted by atomic mass is 9.95. The lowest BCUT2D eigenvalue weighted by molar-refractivity contribution is -0.386. The fourth-order valence-electron chi connectivity index (χ4n) is 0.863. The van der Waals surface area contributed by atoms with E-state index in [-0.39, 0.29) is 6.08 Å². The lowest BCUT2D eigenvalue weighted by Gasteiger charge is -2.34. The van der Waals surface area contributed by atoms with E-state index in [0.29, 0.717) is 0 Å². The summed E-state index contributed by atoms with van der Waals surface area (Å²) in [6.45, 7) is 0.737. The summed E-state index contributed by atoms with van der Waals surface area (Å²) in [5.74, 6) is -5.72. The highest BCUT2D eigenvalue weighted by Crippen LogP contribution is 2.54. The van der Waals surface area contributed by atoms with Crippen molar-refractivity contribution in [3.05, 3.63) is 12.2 Å². The van der Waals surface area contributed by atoms with Crippen molar-refractivity contribution in [1.29, 1.82) is 0 Å². The zero-order valence-electron chi connectivity index (χ0n) is 7.56. The zero-order chi connectivity index (χ0) is 13.4. The van der Waals surface area contributed by atoms with Crippen molar-refractivity contribution < 1.29 is 39.5 Å². The Hall–Kier alpha value is -0.890. The molecule has 0 fully saturated rings. The molecule has 0 nitrogen and oxygen atoms in total. The largest absolute Gasteiger partial charge is 0.438 e. The predicted molar refractivity (Wildman–Crippen MR) is 35.7 cm³/mol. The van der Waals surface area contributed by atoms with Gasteiger partial charge < -0.3 is 0 Å². The number of alkyl halides is 9. The average molecular weight is 260 g/mol. The Labute approximate surface area is 83.7 Å². The molecular weight excluding hydrogens is 255 g/mol. The summed E-state index contributed by atoms with van der Waals surface area (Å²) >= 11 is 0. The normalized spacial score (nSPS) is 15.9. The first-order valence-corrected chi connectivity index (χ1v) is 3.65. The summed E-state index contributed by atoms with van der Waals surface area (Å²) in [4.78, 5) is 0. The van der Waals surface area contributed by atoms with Crippen LogP contribution in [-0.4, -0.2) is 23.9 Å². The van der Waals surface area contributed by atoms with Gasteiger partial charge in [-0.1, -0.05) is 6.08 Å². The molecule has 0 aromatic heterocycles. The Morgan fingerprint density at radius 3 is 1.19 bits per heavy atom. The van der Waals surface area contributed by atoms with Gasteiger partial charge in [0.2, 0.25) is 0 Å². The minimum Gasteiger partial charge on any atom is -0.216 e. The van der Waals surface area contributed by atoms with Gasteiger partial charge in [0.1, 0.15) is 0 Å². The van der Waals surface area contributed by atoms with Gasteiger partial charge in [-0.15, -0.1) is 0 Å². The molecule has 0 rings (SSSR count). The topological polar surface area (TPSA) is 0 Å². The highest BCUT2D eigenvalue weighted by molar-refractivity contribution is 5.13. The van der Waals surface area contributed by atoms with Gasteiger partial charge in [0, 0.05) is 0 Å². The Morgan fingerprint density at radius 2 is 1.00 bits per heavy atom. The SMILES string of the molecule is CC=CC(F)(F)C(F)(C(F)(F)F)C(F)(F)F. The van der Waals surface area contributed by atoms with Crippen molar-refractivity contribution in [3.8, 4) is 0 Å². The molecule has 0 saturated carbocycles. The third-order valence-electron chi connectivity index (χ3n) is 1.62. The van der Waals surface area contributed by atoms with Crippen LogP contribution >= 0.6 is 0 Å². The van der Waals surface area contributed by atoms with Crippen LogP contribution in [0.2, 0.25) is 0 Å². The van der Waals surface area contributed by atoms with Crippen LogP contribution in [0, 0.1) is 0 Å². The van der Waals surface area contributed by atoms with Crippen LogP contribution in [0.4, 0.5) is 39.5 Å². The van der Waals surface area contributed by atoms with E-state index in [1.54, 1.807) is 0 Å². The van der Waals surface area contributed by atoms with Crippen LogP contribution in [0.5, 0.6) is 0 Å². The maximum Gasteiger partial charge on any atom is 0.438 e. The molecule has 0 bridgehead atoms. The van der Waals surface area contributed by atoms with Gasteiger partial charge in [-0.2, -0.15) is 35.1 Å². The molecule has 0 aromatic rings. The van der Waals surface area contributed by atoms with Crippen molar-refractivity contribution in [3.63, 3.8) is 0 Å². The van der Waals surface area contributed by atoms with Crippen molar-refractivity contribution in [2.45, 2.75) is 30.9 Å². The number of hydrogen-bond donors (Lipinski definition) is 0. The van der Waals surface area contributed by atoms with Gasteiger partial charge in [-0.3, -0.25) is 0 Å². The lowest BCUT2D eigenvalue weighted by Crippen LogP contribution is -2.63. The number of rotatable bonds is 2. The quantitative estimate of drug-likeness (QED) is 0.519. The summed E-state index contributed by atoms with van der Waals surface area (Å²) in [6.07, 6.45) is -14.1. The molecule has 0 unspecified atom stereocenters. The van der Waals surface area contributed by atoms with Gasteiger partial charge in [-0.05, 0) is 13.0 Å². The second-order valence-corrected chi connectivity index (χ2v) is 2.78. The van der Waals surface area contributed by atoms with E-state index in [0.717, 1.165) is 6.92 Å². The van der Waals surface area contributed by atoms with E-state index in [1.165, 1.54) is 0 Å². The van der Waals surface area contributed by atoms with Crippen molar-refractivity contribution in [1.82, 2.24) is 0 Å². The van der Waals surface area contributed by atoms with E-state index in [4.69, 9.17) is 0 Å². The summed E-state index contributed by atoms with van der Waals surface area (Å²) in [5, 5.41) is 0. The highest BCUT2D eigenvalue weighted by Gasteiger charge is 2.83. The second kappa shape index (κ2) is 3.85. The Kier molecular flexibility index (Phi) is 3.63. The minimum atomic E-state index is -6.77. The molecule has 0 aliphatic heterocycles. The molecule has 0 spiro atoms. The fourth-order valence-corrected chi connectivity index (χ4v) is 0.863. The molecule has 0 aromatic carbocycles. The van der Waals surface area contributed by atoms with Crippen LogP contribution in [0.1, 0.15) is 6.92 Å². The third kappa shape index (κ3) is 2.12. The fraction of sp³-hybridized carbons (Fsp3) is 0.714. The van der Waals surface area contributed by atoms with E-state index >= 15 is 0 Å². The third-order valence-corrected chi connectivity index (χ3v) is 1.62. The van der Waals surface area contributed by atoms with Gasteiger partial charge in [0.05, 0.1) is 0 Å². The Bertz CT molecular complexity index is 255. The van der Waals surface area contributed by atoms with Crippen LogP contribution in [0.25, 0.3) is 0 Å². The van der Waals surface area contributed by atoms with Crippen molar-refractivity contribution in [2.24, 2.45) is 0 Å². The molecule has 0 amide bonds. The molecule has 96 valence electrons. The summed E-state index contributed by atoms with van der Waals surface area (Å²) in [5.41, 5.74) is -6.60. The first-order valence-electron chi connectivity index (χ1n) is 3.65. The molecular formula is C7H5F9. The smallest absolute Gasteiger partial charge is 0.216 e. The first kappa shape index (κ1) is 15.1. The van der Waals surface area contributed by atoms with Crippen LogP contribution < -0.4 is 0 Å². The molecule has 9 heteroatoms. The van der Waals surface area contributed by atoms with Gasteiger partial charge in [0.25, 0.3) is 0 Å². The molecule has 16 heavy (non-hydrogen) atoms. The predicted octanol–water partition coefficient (Wildman–Crippen LogP) is 4.03. The average Bonchev–Trinajstić information content (AvgIpc) is 1.98. The Balaban J connectivity index is 5.80. The van der Waals surface area contributed by atoms with Crippen LogP contribution in [0.3, 0.4) is 0 Å². The molecule has 0 saturated heterocycles. The number of halogens is 9. The summed E-state index contributed by atoms with van der Waals surface area (Å²) in [7, 11) is 0. The molecule has 0 atom stereocenters. The van der Waals surface area contributed by atoms with E-state index in [1.807, 2.05) is 0 Å². The molecule has 0 radical (unpaired) electrons. The Morgan fingerprint density at radius 1 is 0.688 bits per heavy atom. The first-order chi connectivity index (χ1) is 6.81. The number of hydrogen-bond acceptors (Lipinski definition) is 0. The van der Waals surface area contributed by atoms with E-state index in [9.17, 15) is 39.5 Å².